The molecule has 8 nitrogen and oxygen atoms in total. The number of carbonyl (C=O) groups is 2. The fourth-order valence-corrected chi connectivity index (χ4v) is 4.19. The lowest BCUT2D eigenvalue weighted by Gasteiger charge is -2.24. The zero-order valence-electron chi connectivity index (χ0n) is 18.2. The molecule has 34 heavy (non-hydrogen) atoms. The van der Waals surface area contributed by atoms with Gasteiger partial charge in [0.15, 0.2) is 0 Å². The number of amides is 2. The Morgan fingerprint density at radius 2 is 1.94 bits per heavy atom. The average Bonchev–Trinajstić information content (AvgIpc) is 3.35. The number of aromatic nitrogens is 2. The Labute approximate surface area is 195 Å². The molecule has 2 N–H and O–H groups in total. The molecule has 3 aromatic carbocycles. The number of phenolic OH excluding ortho intramolecular Hbond substituents is 1. The van der Waals surface area contributed by atoms with Crippen LogP contribution in [0.4, 0.5) is 5.69 Å². The number of phenols is 1. The van der Waals surface area contributed by atoms with Crippen LogP contribution in [-0.4, -0.2) is 44.4 Å². The van der Waals surface area contributed by atoms with Gasteiger partial charge in [-0.2, -0.15) is 0 Å². The van der Waals surface area contributed by atoms with E-state index in [4.69, 9.17) is 4.74 Å². The van der Waals surface area contributed by atoms with Gasteiger partial charge < -0.3 is 20.1 Å². The van der Waals surface area contributed by atoms with Crippen molar-refractivity contribution in [2.75, 3.05) is 11.9 Å². The van der Waals surface area contributed by atoms with Gasteiger partial charge in [-0.05, 0) is 36.4 Å². The van der Waals surface area contributed by atoms with Crippen LogP contribution in [0.25, 0.3) is 10.8 Å². The molecule has 0 spiro atoms. The predicted octanol–water partition coefficient (Wildman–Crippen LogP) is 4.37. The van der Waals surface area contributed by atoms with Crippen molar-refractivity contribution in [2.24, 2.45) is 0 Å². The van der Waals surface area contributed by atoms with E-state index in [2.05, 4.69) is 15.3 Å². The number of likely N-dealkylation sites (tertiary alicyclic amines) is 1. The van der Waals surface area contributed by atoms with Crippen LogP contribution < -0.4 is 10.1 Å². The summed E-state index contributed by atoms with van der Waals surface area (Å²) in [5.74, 6) is 0.124. The Balaban J connectivity index is 1.32. The third-order valence-corrected chi connectivity index (χ3v) is 5.81. The van der Waals surface area contributed by atoms with Crippen LogP contribution in [0.3, 0.4) is 0 Å². The van der Waals surface area contributed by atoms with E-state index in [-0.39, 0.29) is 23.1 Å². The minimum Gasteiger partial charge on any atom is -0.506 e. The van der Waals surface area contributed by atoms with Gasteiger partial charge in [-0.15, -0.1) is 0 Å². The molecular weight excluding hydrogens is 432 g/mol. The van der Waals surface area contributed by atoms with Crippen molar-refractivity contribution in [3.05, 3.63) is 84.8 Å². The molecule has 0 saturated carbocycles. The second kappa shape index (κ2) is 9.19. The molecule has 1 fully saturated rings. The smallest absolute Gasteiger partial charge is 0.258 e. The van der Waals surface area contributed by atoms with Gasteiger partial charge in [0.25, 0.3) is 5.91 Å². The molecule has 0 aliphatic carbocycles. The van der Waals surface area contributed by atoms with Crippen molar-refractivity contribution >= 4 is 28.3 Å². The van der Waals surface area contributed by atoms with Gasteiger partial charge in [-0.3, -0.25) is 14.6 Å². The lowest BCUT2D eigenvalue weighted by atomic mass is 10.0. The molecule has 8 heteroatoms. The monoisotopic (exact) mass is 454 g/mol. The van der Waals surface area contributed by atoms with Crippen molar-refractivity contribution < 1.29 is 19.4 Å². The lowest BCUT2D eigenvalue weighted by Crippen LogP contribution is -2.43. The van der Waals surface area contributed by atoms with Crippen LogP contribution in [0, 0.1) is 0 Å². The van der Waals surface area contributed by atoms with E-state index in [0.29, 0.717) is 42.1 Å². The molecule has 5 rings (SSSR count). The number of ether oxygens (including phenoxy) is 1. The number of nitrogens with zero attached hydrogens (tertiary/aromatic N) is 3. The highest BCUT2D eigenvalue weighted by Crippen LogP contribution is 2.32. The Hall–Kier alpha value is -4.46. The highest BCUT2D eigenvalue weighted by molar-refractivity contribution is 6.06. The Kier molecular flexibility index (Phi) is 5.78. The fourth-order valence-electron chi connectivity index (χ4n) is 4.19. The highest BCUT2D eigenvalue weighted by Gasteiger charge is 2.35. The standard InChI is InChI=1S/C26H22N4O4/c31-24-20-8-2-1-5-17(20)10-11-21(24)26(33)30-14-4-9-22(30)25(32)29-18-6-3-7-19(15-18)34-23-16-27-12-13-28-23/h1-3,5-8,10-13,15-16,22,31H,4,9,14H2,(H,29,32). The molecule has 2 amide bonds. The van der Waals surface area contributed by atoms with Crippen LogP contribution in [0.1, 0.15) is 23.2 Å². The van der Waals surface area contributed by atoms with E-state index in [1.807, 2.05) is 18.2 Å². The van der Waals surface area contributed by atoms with Gasteiger partial charge in [0, 0.05) is 36.1 Å². The van der Waals surface area contributed by atoms with Crippen LogP contribution in [-0.2, 0) is 4.79 Å². The summed E-state index contributed by atoms with van der Waals surface area (Å²) >= 11 is 0. The summed E-state index contributed by atoms with van der Waals surface area (Å²) in [4.78, 5) is 36.0. The van der Waals surface area contributed by atoms with E-state index in [1.54, 1.807) is 48.7 Å². The zero-order chi connectivity index (χ0) is 23.5. The van der Waals surface area contributed by atoms with Crippen molar-refractivity contribution in [1.29, 1.82) is 0 Å². The number of carbonyl (C=O) groups excluding carboxylic acids is 2. The van der Waals surface area contributed by atoms with Gasteiger partial charge in [0.1, 0.15) is 17.5 Å². The summed E-state index contributed by atoms with van der Waals surface area (Å²) in [7, 11) is 0. The van der Waals surface area contributed by atoms with E-state index in [1.165, 1.54) is 17.3 Å². The Bertz CT molecular complexity index is 1360. The lowest BCUT2D eigenvalue weighted by molar-refractivity contribution is -0.119. The quantitative estimate of drug-likeness (QED) is 0.464. The van der Waals surface area contributed by atoms with Crippen molar-refractivity contribution in [2.45, 2.75) is 18.9 Å². The summed E-state index contributed by atoms with van der Waals surface area (Å²) < 4.78 is 5.67. The highest BCUT2D eigenvalue weighted by atomic mass is 16.5. The molecule has 1 aliphatic heterocycles. The molecule has 0 bridgehead atoms. The summed E-state index contributed by atoms with van der Waals surface area (Å²) in [6.07, 6.45) is 5.82. The minimum atomic E-state index is -0.636. The number of nitrogens with one attached hydrogen (secondary N) is 1. The van der Waals surface area contributed by atoms with Gasteiger partial charge in [0.05, 0.1) is 11.8 Å². The molecule has 170 valence electrons. The second-order valence-electron chi connectivity index (χ2n) is 8.00. The van der Waals surface area contributed by atoms with E-state index in [0.717, 1.165) is 5.39 Å². The van der Waals surface area contributed by atoms with Crippen molar-refractivity contribution in [3.63, 3.8) is 0 Å². The van der Waals surface area contributed by atoms with Crippen LogP contribution >= 0.6 is 0 Å². The number of hydrogen-bond acceptors (Lipinski definition) is 6. The maximum atomic E-state index is 13.3. The van der Waals surface area contributed by atoms with Gasteiger partial charge in [-0.1, -0.05) is 36.4 Å². The van der Waals surface area contributed by atoms with Crippen molar-refractivity contribution in [3.8, 4) is 17.4 Å². The predicted molar refractivity (Wildman–Crippen MR) is 127 cm³/mol. The van der Waals surface area contributed by atoms with Gasteiger partial charge in [-0.25, -0.2) is 4.98 Å². The molecule has 1 unspecified atom stereocenters. The number of anilines is 1. The first-order valence-corrected chi connectivity index (χ1v) is 11.0. The van der Waals surface area contributed by atoms with Crippen LogP contribution in [0.2, 0.25) is 0 Å². The number of aromatic hydroxyl groups is 1. The number of benzene rings is 3. The third kappa shape index (κ3) is 4.25. The molecule has 1 atom stereocenters. The SMILES string of the molecule is O=C(Nc1cccc(Oc2cnccn2)c1)C1CCCN1C(=O)c1ccc2ccccc2c1O. The first kappa shape index (κ1) is 21.4. The first-order chi connectivity index (χ1) is 16.6. The number of rotatable bonds is 5. The topological polar surface area (TPSA) is 105 Å². The van der Waals surface area contributed by atoms with E-state index >= 15 is 0 Å². The largest absolute Gasteiger partial charge is 0.506 e. The van der Waals surface area contributed by atoms with Gasteiger partial charge >= 0.3 is 0 Å². The Morgan fingerprint density at radius 1 is 1.06 bits per heavy atom. The third-order valence-electron chi connectivity index (χ3n) is 5.81. The molecule has 1 aliphatic rings. The first-order valence-electron chi connectivity index (χ1n) is 11.0. The number of fused-ring (bicyclic) bond motifs is 1. The normalized spacial score (nSPS) is 15.3. The molecular formula is C26H22N4O4. The summed E-state index contributed by atoms with van der Waals surface area (Å²) in [6, 6.07) is 17.0. The fraction of sp³-hybridized carbons (Fsp3) is 0.154. The van der Waals surface area contributed by atoms with E-state index < -0.39 is 6.04 Å². The minimum absolute atomic E-state index is 0.0666. The summed E-state index contributed by atoms with van der Waals surface area (Å²) in [6.45, 7) is 0.443. The summed E-state index contributed by atoms with van der Waals surface area (Å²) in [5.41, 5.74) is 0.733. The van der Waals surface area contributed by atoms with Crippen LogP contribution in [0.5, 0.6) is 17.4 Å². The molecule has 1 aromatic heterocycles. The molecule has 4 aromatic rings. The van der Waals surface area contributed by atoms with Crippen LogP contribution in [0.15, 0.2) is 79.3 Å². The second-order valence-corrected chi connectivity index (χ2v) is 8.00. The maximum absolute atomic E-state index is 13.3. The van der Waals surface area contributed by atoms with Gasteiger partial charge in [0.2, 0.25) is 11.8 Å². The molecule has 0 radical (unpaired) electrons. The molecule has 1 saturated heterocycles. The average molecular weight is 454 g/mol. The maximum Gasteiger partial charge on any atom is 0.258 e. The van der Waals surface area contributed by atoms with Crippen molar-refractivity contribution in [1.82, 2.24) is 14.9 Å². The molecule has 2 heterocycles. The van der Waals surface area contributed by atoms with E-state index in [9.17, 15) is 14.7 Å². The zero-order valence-corrected chi connectivity index (χ0v) is 18.2. The Morgan fingerprint density at radius 3 is 2.79 bits per heavy atom. The summed E-state index contributed by atoms with van der Waals surface area (Å²) in [5, 5.41) is 15.0. The number of hydrogen-bond donors (Lipinski definition) is 2.